The molecule has 1 radical (unpaired) electrons. The molecule has 0 bridgehead atoms. The van der Waals surface area contributed by atoms with E-state index in [9.17, 15) is 4.79 Å². The fourth-order valence-electron chi connectivity index (χ4n) is 0.228. The number of nitrogens with zero attached hydrogens (tertiary/aromatic N) is 1. The minimum absolute atomic E-state index is 0.390. The highest BCUT2D eigenvalue weighted by Gasteiger charge is 1.99. The summed E-state index contributed by atoms with van der Waals surface area (Å²) in [6, 6.07) is -0.689. The van der Waals surface area contributed by atoms with Crippen molar-refractivity contribution in [3.8, 4) is 0 Å². The molecule has 0 unspecified atom stereocenters. The molecule has 0 aliphatic rings. The van der Waals surface area contributed by atoms with Crippen LogP contribution in [-0.4, -0.2) is 30.4 Å². The van der Waals surface area contributed by atoms with E-state index in [1.165, 1.54) is 11.9 Å². The van der Waals surface area contributed by atoms with Crippen molar-refractivity contribution in [1.29, 1.82) is 0 Å². The molecule has 0 aliphatic carbocycles. The number of carbonyl (C=O) groups is 1. The van der Waals surface area contributed by atoms with Crippen molar-refractivity contribution < 1.29 is 4.79 Å². The van der Waals surface area contributed by atoms with Gasteiger partial charge in [-0.2, -0.15) is 0 Å². The summed E-state index contributed by atoms with van der Waals surface area (Å²) in [6.45, 7) is 0.448. The van der Waals surface area contributed by atoms with Crippen molar-refractivity contribution in [3.63, 3.8) is 0 Å². The lowest BCUT2D eigenvalue weighted by molar-refractivity contribution is 0.219. The Morgan fingerprint density at radius 2 is 2.38 bits per heavy atom. The average Bonchev–Trinajstić information content (AvgIpc) is 1.67. The van der Waals surface area contributed by atoms with Gasteiger partial charge >= 0.3 is 6.03 Å². The Kier molecular flexibility index (Phi) is 3.35. The molecule has 3 nitrogen and oxygen atoms in total. The second-order valence-corrected chi connectivity index (χ2v) is 1.79. The van der Waals surface area contributed by atoms with Crippen molar-refractivity contribution in [3.05, 3.63) is 0 Å². The van der Waals surface area contributed by atoms with E-state index in [0.29, 0.717) is 12.4 Å². The molecule has 0 fully saturated rings. The number of amides is 2. The number of rotatable bonds is 2. The predicted octanol–water partition coefficient (Wildman–Crippen LogP) is 0.560. The summed E-state index contributed by atoms with van der Waals surface area (Å²) < 4.78 is 0. The quantitative estimate of drug-likeness (QED) is 0.511. The molecule has 0 atom stereocenters. The van der Waals surface area contributed by atoms with Gasteiger partial charge in [-0.3, -0.25) is 0 Å². The van der Waals surface area contributed by atoms with E-state index in [0.717, 1.165) is 0 Å². The zero-order valence-electron chi connectivity index (χ0n) is 4.65. The predicted molar refractivity (Wildman–Crippen MR) is 31.8 cm³/mol. The molecule has 8 heavy (non-hydrogen) atoms. The Balaban J connectivity index is 3.32. The lowest BCUT2D eigenvalue weighted by Gasteiger charge is -2.09. The average molecular weight is 136 g/mol. The van der Waals surface area contributed by atoms with Crippen molar-refractivity contribution >= 4 is 17.6 Å². The number of nitrogens with one attached hydrogen (secondary N) is 1. The number of alkyl halides is 1. The van der Waals surface area contributed by atoms with Crippen LogP contribution in [0.2, 0.25) is 0 Å². The normalized spacial score (nSPS) is 8.75. The second kappa shape index (κ2) is 3.55. The highest BCUT2D eigenvalue weighted by molar-refractivity contribution is 6.18. The number of halogens is 1. The van der Waals surface area contributed by atoms with E-state index < -0.39 is 6.03 Å². The molecule has 4 heteroatoms. The largest absolute Gasteiger partial charge is 0.335 e. The zero-order chi connectivity index (χ0) is 6.57. The Hall–Kier alpha value is -0.440. The van der Waals surface area contributed by atoms with Crippen LogP contribution in [0.1, 0.15) is 0 Å². The molecule has 2 amide bonds. The molecule has 0 rings (SSSR count). The maximum atomic E-state index is 10.1. The van der Waals surface area contributed by atoms with Gasteiger partial charge in [-0.05, 0) is 0 Å². The van der Waals surface area contributed by atoms with Crippen LogP contribution in [0.5, 0.6) is 0 Å². The Bertz CT molecular complexity index is 86.1. The number of hydrogen-bond donors (Lipinski definition) is 0. The van der Waals surface area contributed by atoms with Gasteiger partial charge in [0.2, 0.25) is 0 Å². The molecule has 0 aromatic heterocycles. The van der Waals surface area contributed by atoms with Crippen molar-refractivity contribution in [1.82, 2.24) is 10.6 Å². The second-order valence-electron chi connectivity index (χ2n) is 1.42. The van der Waals surface area contributed by atoms with E-state index in [4.69, 9.17) is 17.3 Å². The third kappa shape index (κ3) is 2.69. The van der Waals surface area contributed by atoms with Crippen LogP contribution in [0.25, 0.3) is 0 Å². The van der Waals surface area contributed by atoms with E-state index in [2.05, 4.69) is 0 Å². The monoisotopic (exact) mass is 135 g/mol. The molecular formula is C4H8ClN2O. The molecule has 0 saturated carbocycles. The van der Waals surface area contributed by atoms with Gasteiger partial charge in [0, 0.05) is 19.5 Å². The molecule has 0 aromatic carbocycles. The van der Waals surface area contributed by atoms with E-state index in [1.807, 2.05) is 0 Å². The smallest absolute Gasteiger partial charge is 0.325 e. The summed E-state index contributed by atoms with van der Waals surface area (Å²) >= 11 is 5.26. The maximum absolute atomic E-state index is 10.1. The highest BCUT2D eigenvalue weighted by Crippen LogP contribution is 1.83. The van der Waals surface area contributed by atoms with Crippen molar-refractivity contribution in [2.24, 2.45) is 0 Å². The van der Waals surface area contributed by atoms with Crippen LogP contribution >= 0.6 is 11.6 Å². The summed E-state index contributed by atoms with van der Waals surface area (Å²) in [5, 5.41) is 0. The molecule has 0 saturated heterocycles. The molecule has 0 aromatic rings. The van der Waals surface area contributed by atoms with Crippen LogP contribution < -0.4 is 5.73 Å². The van der Waals surface area contributed by atoms with Crippen LogP contribution in [0.15, 0.2) is 0 Å². The highest BCUT2D eigenvalue weighted by atomic mass is 35.5. The van der Waals surface area contributed by atoms with E-state index >= 15 is 0 Å². The topological polar surface area (TPSA) is 44.1 Å². The third-order valence-corrected chi connectivity index (χ3v) is 0.936. The van der Waals surface area contributed by atoms with Crippen molar-refractivity contribution in [2.75, 3.05) is 19.5 Å². The van der Waals surface area contributed by atoms with Gasteiger partial charge in [0.25, 0.3) is 0 Å². The molecule has 0 spiro atoms. The summed E-state index contributed by atoms with van der Waals surface area (Å²) in [5.41, 5.74) is 6.52. The summed E-state index contributed by atoms with van der Waals surface area (Å²) in [6.07, 6.45) is 0. The van der Waals surface area contributed by atoms with Gasteiger partial charge in [0.1, 0.15) is 0 Å². The van der Waals surface area contributed by atoms with Gasteiger partial charge < -0.3 is 4.90 Å². The van der Waals surface area contributed by atoms with Crippen LogP contribution in [0.4, 0.5) is 4.79 Å². The summed E-state index contributed by atoms with van der Waals surface area (Å²) in [5.74, 6) is 0.390. The van der Waals surface area contributed by atoms with Crippen molar-refractivity contribution in [2.45, 2.75) is 0 Å². The summed E-state index contributed by atoms with van der Waals surface area (Å²) in [4.78, 5) is 11.3. The first-order valence-electron chi connectivity index (χ1n) is 2.21. The Labute approximate surface area is 53.4 Å². The fraction of sp³-hybridized carbons (Fsp3) is 0.750. The summed E-state index contributed by atoms with van der Waals surface area (Å²) in [7, 11) is 1.54. The van der Waals surface area contributed by atoms with Gasteiger partial charge in [0.05, 0.1) is 0 Å². The van der Waals surface area contributed by atoms with Gasteiger partial charge in [0.15, 0.2) is 0 Å². The number of urea groups is 1. The molecule has 1 N–H and O–H groups in total. The van der Waals surface area contributed by atoms with Crippen LogP contribution in [0, 0.1) is 0 Å². The minimum atomic E-state index is -0.689. The molecule has 47 valence electrons. The van der Waals surface area contributed by atoms with Gasteiger partial charge in [-0.25, -0.2) is 10.5 Å². The lowest BCUT2D eigenvalue weighted by Crippen LogP contribution is -2.27. The molecular weight excluding hydrogens is 128 g/mol. The van der Waals surface area contributed by atoms with E-state index in [-0.39, 0.29) is 0 Å². The Morgan fingerprint density at radius 3 is 2.50 bits per heavy atom. The number of hydrogen-bond acceptors (Lipinski definition) is 1. The first kappa shape index (κ1) is 7.56. The third-order valence-electron chi connectivity index (χ3n) is 0.767. The SMILES string of the molecule is CN(CCCl)C([NH])=O. The first-order chi connectivity index (χ1) is 3.68. The zero-order valence-corrected chi connectivity index (χ0v) is 5.40. The maximum Gasteiger partial charge on any atom is 0.335 e. The standard InChI is InChI=1S/C4H8ClN2O/c1-7(3-2-5)4(6)8/h6H,2-3H2,1H3. The molecule has 0 heterocycles. The number of carbonyl (C=O) groups excluding carboxylic acids is 1. The van der Waals surface area contributed by atoms with Gasteiger partial charge in [-0.15, -0.1) is 11.6 Å². The van der Waals surface area contributed by atoms with E-state index in [1.54, 1.807) is 0 Å². The fourth-order valence-corrected chi connectivity index (χ4v) is 0.482. The molecule has 0 aliphatic heterocycles. The lowest BCUT2D eigenvalue weighted by atomic mass is 10.6. The van der Waals surface area contributed by atoms with Crippen LogP contribution in [0.3, 0.4) is 0 Å². The Morgan fingerprint density at radius 1 is 1.88 bits per heavy atom. The van der Waals surface area contributed by atoms with Crippen LogP contribution in [-0.2, 0) is 0 Å². The first-order valence-corrected chi connectivity index (χ1v) is 2.74. The van der Waals surface area contributed by atoms with Gasteiger partial charge in [-0.1, -0.05) is 0 Å². The minimum Gasteiger partial charge on any atom is -0.325 e.